The molecule has 1 saturated heterocycles. The lowest BCUT2D eigenvalue weighted by atomic mass is 10.1. The molecule has 1 heterocycles. The van der Waals surface area contributed by atoms with Gasteiger partial charge >= 0.3 is 10.4 Å². The summed E-state index contributed by atoms with van der Waals surface area (Å²) in [5.41, 5.74) is 0. The quantitative estimate of drug-likeness (QED) is 0.468. The van der Waals surface area contributed by atoms with Crippen molar-refractivity contribution in [2.75, 3.05) is 32.5 Å². The molecule has 120 valence electrons. The zero-order valence-corrected chi connectivity index (χ0v) is 12.7. The third-order valence-electron chi connectivity index (χ3n) is 2.82. The lowest BCUT2D eigenvalue weighted by Gasteiger charge is -2.39. The largest absolute Gasteiger partial charge is 0.400 e. The van der Waals surface area contributed by atoms with E-state index in [0.29, 0.717) is 6.54 Å². The fourth-order valence-electron chi connectivity index (χ4n) is 2.04. The van der Waals surface area contributed by atoms with Gasteiger partial charge in [-0.2, -0.15) is 16.8 Å². The standard InChI is InChI=1S/C9H19NO8S2/c1-10-5-6-17-9(8-10,18-20(14,15)16)4-2-3-7-19(11,12)13/h2-8H2,1H3,(H,11,12,13)(H,14,15,16). The van der Waals surface area contributed by atoms with Crippen LogP contribution in [0.25, 0.3) is 0 Å². The van der Waals surface area contributed by atoms with Crippen molar-refractivity contribution in [2.24, 2.45) is 0 Å². The summed E-state index contributed by atoms with van der Waals surface area (Å²) in [7, 11) is -7.00. The van der Waals surface area contributed by atoms with Gasteiger partial charge in [-0.3, -0.25) is 14.0 Å². The summed E-state index contributed by atoms with van der Waals surface area (Å²) in [6, 6.07) is 0. The molecule has 0 aromatic heterocycles. The fraction of sp³-hybridized carbons (Fsp3) is 1.00. The first-order chi connectivity index (χ1) is 9.02. The normalized spacial score (nSPS) is 25.8. The van der Waals surface area contributed by atoms with Crippen LogP contribution in [0.15, 0.2) is 0 Å². The maximum Gasteiger partial charge on any atom is 0.400 e. The predicted octanol–water partition coefficient (Wildman–Crippen LogP) is -0.478. The van der Waals surface area contributed by atoms with Gasteiger partial charge < -0.3 is 4.74 Å². The van der Waals surface area contributed by atoms with Gasteiger partial charge in [-0.25, -0.2) is 4.18 Å². The fourth-order valence-corrected chi connectivity index (χ4v) is 3.17. The van der Waals surface area contributed by atoms with Crippen molar-refractivity contribution in [1.82, 2.24) is 4.90 Å². The molecular formula is C9H19NO8S2. The van der Waals surface area contributed by atoms with E-state index in [4.69, 9.17) is 13.8 Å². The average Bonchev–Trinajstić information content (AvgIpc) is 2.20. The van der Waals surface area contributed by atoms with Crippen LogP contribution < -0.4 is 0 Å². The number of morpholine rings is 1. The first kappa shape index (κ1) is 17.8. The Morgan fingerprint density at radius 2 is 1.90 bits per heavy atom. The van der Waals surface area contributed by atoms with Gasteiger partial charge in [-0.05, 0) is 19.9 Å². The SMILES string of the molecule is CN1CCOC(CCCCS(=O)(=O)O)(OS(=O)(=O)O)C1. The molecule has 1 aliphatic rings. The highest BCUT2D eigenvalue weighted by atomic mass is 32.3. The Kier molecular flexibility index (Phi) is 5.89. The van der Waals surface area contributed by atoms with Crippen LogP contribution in [0.2, 0.25) is 0 Å². The molecule has 1 unspecified atom stereocenters. The van der Waals surface area contributed by atoms with Crippen LogP contribution in [0, 0.1) is 0 Å². The summed E-state index contributed by atoms with van der Waals surface area (Å²) in [6.45, 7) is 0.935. The number of unbranched alkanes of at least 4 members (excludes halogenated alkanes) is 1. The van der Waals surface area contributed by atoms with Crippen molar-refractivity contribution in [3.8, 4) is 0 Å². The lowest BCUT2D eigenvalue weighted by Crippen LogP contribution is -2.53. The molecule has 0 radical (unpaired) electrons. The third kappa shape index (κ3) is 6.92. The summed E-state index contributed by atoms with van der Waals surface area (Å²) in [4.78, 5) is 1.78. The van der Waals surface area contributed by atoms with Gasteiger partial charge in [0.05, 0.1) is 18.9 Å². The van der Waals surface area contributed by atoms with Crippen LogP contribution in [0.1, 0.15) is 19.3 Å². The molecule has 11 heteroatoms. The van der Waals surface area contributed by atoms with Crippen LogP contribution >= 0.6 is 0 Å². The highest BCUT2D eigenvalue weighted by Gasteiger charge is 2.40. The Morgan fingerprint density at radius 3 is 2.40 bits per heavy atom. The second-order valence-corrected chi connectivity index (χ2v) is 7.35. The molecule has 0 aromatic rings. The van der Waals surface area contributed by atoms with Gasteiger partial charge in [0, 0.05) is 13.0 Å². The van der Waals surface area contributed by atoms with E-state index in [9.17, 15) is 16.8 Å². The zero-order valence-electron chi connectivity index (χ0n) is 11.1. The van der Waals surface area contributed by atoms with Crippen LogP contribution in [0.5, 0.6) is 0 Å². The highest BCUT2D eigenvalue weighted by Crippen LogP contribution is 2.27. The minimum absolute atomic E-state index is 0.0760. The van der Waals surface area contributed by atoms with Crippen molar-refractivity contribution in [3.63, 3.8) is 0 Å². The molecular weight excluding hydrogens is 314 g/mol. The molecule has 0 aliphatic carbocycles. The van der Waals surface area contributed by atoms with Crippen LogP contribution in [0.4, 0.5) is 0 Å². The van der Waals surface area contributed by atoms with Crippen molar-refractivity contribution in [2.45, 2.75) is 25.0 Å². The third-order valence-corrected chi connectivity index (χ3v) is 4.14. The second-order valence-electron chi connectivity index (χ2n) is 4.75. The van der Waals surface area contributed by atoms with Crippen molar-refractivity contribution >= 4 is 20.5 Å². The molecule has 9 nitrogen and oxygen atoms in total. The first-order valence-corrected chi connectivity index (χ1v) is 8.95. The van der Waals surface area contributed by atoms with Crippen molar-refractivity contribution in [3.05, 3.63) is 0 Å². The molecule has 0 saturated carbocycles. The van der Waals surface area contributed by atoms with Crippen LogP contribution in [-0.4, -0.2) is 69.1 Å². The lowest BCUT2D eigenvalue weighted by molar-refractivity contribution is -0.222. The Balaban J connectivity index is 2.64. The average molecular weight is 333 g/mol. The number of hydrogen-bond acceptors (Lipinski definition) is 7. The maximum atomic E-state index is 10.9. The monoisotopic (exact) mass is 333 g/mol. The van der Waals surface area contributed by atoms with Gasteiger partial charge in [0.2, 0.25) is 5.79 Å². The number of rotatable bonds is 7. The summed E-state index contributed by atoms with van der Waals surface area (Å²) >= 11 is 0. The Labute approximate surface area is 118 Å². The minimum Gasteiger partial charge on any atom is -0.346 e. The molecule has 0 amide bonds. The summed E-state index contributed by atoms with van der Waals surface area (Å²) in [5.74, 6) is -1.95. The molecule has 20 heavy (non-hydrogen) atoms. The van der Waals surface area contributed by atoms with Gasteiger partial charge in [0.15, 0.2) is 0 Å². The second kappa shape index (κ2) is 6.64. The number of ether oxygens (including phenoxy) is 1. The number of nitrogens with zero attached hydrogens (tertiary/aromatic N) is 1. The van der Waals surface area contributed by atoms with Crippen LogP contribution in [0.3, 0.4) is 0 Å². The van der Waals surface area contributed by atoms with Gasteiger partial charge in [0.25, 0.3) is 10.1 Å². The van der Waals surface area contributed by atoms with Gasteiger partial charge in [-0.1, -0.05) is 0 Å². The number of hydrogen-bond donors (Lipinski definition) is 2. The Bertz CT molecular complexity index is 516. The van der Waals surface area contributed by atoms with E-state index in [1.807, 2.05) is 0 Å². The molecule has 1 rings (SSSR count). The first-order valence-electron chi connectivity index (χ1n) is 5.97. The summed E-state index contributed by atoms with van der Waals surface area (Å²) < 4.78 is 70.4. The highest BCUT2D eigenvalue weighted by molar-refractivity contribution is 7.85. The topological polar surface area (TPSA) is 130 Å². The zero-order chi connectivity index (χ0) is 15.4. The molecule has 0 aromatic carbocycles. The molecule has 1 fully saturated rings. The Hall–Kier alpha value is -0.300. The van der Waals surface area contributed by atoms with Crippen molar-refractivity contribution < 1.29 is 34.9 Å². The summed E-state index contributed by atoms with van der Waals surface area (Å²) in [5, 5.41) is 0. The minimum atomic E-state index is -4.69. The van der Waals surface area contributed by atoms with E-state index in [1.54, 1.807) is 11.9 Å². The van der Waals surface area contributed by atoms with Gasteiger partial charge in [-0.15, -0.1) is 0 Å². The van der Waals surface area contributed by atoms with E-state index >= 15 is 0 Å². The predicted molar refractivity (Wildman–Crippen MR) is 69.1 cm³/mol. The number of likely N-dealkylation sites (N-methyl/N-ethyl adjacent to an activating group) is 1. The maximum absolute atomic E-state index is 10.9. The smallest absolute Gasteiger partial charge is 0.346 e. The molecule has 0 bridgehead atoms. The molecule has 0 spiro atoms. The Morgan fingerprint density at radius 1 is 1.25 bits per heavy atom. The van der Waals surface area contributed by atoms with Crippen molar-refractivity contribution in [1.29, 1.82) is 0 Å². The van der Waals surface area contributed by atoms with E-state index in [2.05, 4.69) is 4.18 Å². The molecule has 1 aliphatic heterocycles. The van der Waals surface area contributed by atoms with Crippen LogP contribution in [-0.2, 0) is 29.4 Å². The van der Waals surface area contributed by atoms with E-state index in [0.717, 1.165) is 0 Å². The summed E-state index contributed by atoms with van der Waals surface area (Å²) in [6.07, 6.45) is 0.457. The van der Waals surface area contributed by atoms with E-state index < -0.39 is 32.1 Å². The van der Waals surface area contributed by atoms with Gasteiger partial charge in [0.1, 0.15) is 0 Å². The van der Waals surface area contributed by atoms with E-state index in [-0.39, 0.29) is 32.4 Å². The van der Waals surface area contributed by atoms with E-state index in [1.165, 1.54) is 0 Å². The molecule has 2 N–H and O–H groups in total. The molecule has 1 atom stereocenters.